The number of benzene rings is 2. The van der Waals surface area contributed by atoms with Gasteiger partial charge < -0.3 is 14.8 Å². The molecule has 0 saturated heterocycles. The third-order valence-electron chi connectivity index (χ3n) is 3.09. The van der Waals surface area contributed by atoms with Gasteiger partial charge >= 0.3 is 5.69 Å². The summed E-state index contributed by atoms with van der Waals surface area (Å²) in [4.78, 5) is 3.26. The first-order chi connectivity index (χ1) is 10.8. The molecule has 22 heavy (non-hydrogen) atoms. The molecular formula is C17H20N3O2+. The minimum Gasteiger partial charge on any atom is -0.491 e. The minimum absolute atomic E-state index is 0.357. The van der Waals surface area contributed by atoms with E-state index in [4.69, 9.17) is 14.9 Å². The van der Waals surface area contributed by atoms with Gasteiger partial charge in [0.2, 0.25) is 11.1 Å². The van der Waals surface area contributed by atoms with Crippen molar-refractivity contribution in [3.05, 3.63) is 53.0 Å². The Kier molecular flexibility index (Phi) is 5.61. The zero-order valence-electron chi connectivity index (χ0n) is 12.9. The average Bonchev–Trinajstić information content (AvgIpc) is 2.56. The van der Waals surface area contributed by atoms with Crippen molar-refractivity contribution in [3.63, 3.8) is 0 Å². The van der Waals surface area contributed by atoms with E-state index in [9.17, 15) is 0 Å². The van der Waals surface area contributed by atoms with E-state index in [-0.39, 0.29) is 0 Å². The van der Waals surface area contributed by atoms with Gasteiger partial charge in [-0.1, -0.05) is 30.3 Å². The van der Waals surface area contributed by atoms with Crippen LogP contribution in [0.5, 0.6) is 11.5 Å². The van der Waals surface area contributed by atoms with Gasteiger partial charge in [-0.15, -0.1) is 0 Å². The molecule has 1 N–H and O–H groups in total. The normalized spacial score (nSPS) is 9.86. The van der Waals surface area contributed by atoms with Gasteiger partial charge in [0.25, 0.3) is 0 Å². The topological polar surface area (TPSA) is 58.6 Å². The van der Waals surface area contributed by atoms with Crippen molar-refractivity contribution in [1.82, 2.24) is 0 Å². The van der Waals surface area contributed by atoms with E-state index in [2.05, 4.69) is 10.3 Å². The Balaban J connectivity index is 2.27. The van der Waals surface area contributed by atoms with Gasteiger partial charge in [0.05, 0.1) is 25.0 Å². The van der Waals surface area contributed by atoms with Crippen molar-refractivity contribution in [2.75, 3.05) is 18.5 Å². The molecule has 0 spiro atoms. The van der Waals surface area contributed by atoms with Crippen molar-refractivity contribution < 1.29 is 9.47 Å². The summed E-state index contributed by atoms with van der Waals surface area (Å²) < 4.78 is 11.1. The molecule has 0 fully saturated rings. The van der Waals surface area contributed by atoms with Crippen molar-refractivity contribution in [3.8, 4) is 11.5 Å². The molecule has 0 unspecified atom stereocenters. The second-order valence-electron chi connectivity index (χ2n) is 4.62. The molecule has 0 aliphatic heterocycles. The van der Waals surface area contributed by atoms with Gasteiger partial charge in [0, 0.05) is 12.6 Å². The zero-order valence-corrected chi connectivity index (χ0v) is 12.9. The van der Waals surface area contributed by atoms with E-state index in [1.54, 1.807) is 12.1 Å². The van der Waals surface area contributed by atoms with Crippen molar-refractivity contribution in [2.24, 2.45) is 0 Å². The van der Waals surface area contributed by atoms with E-state index in [0.717, 1.165) is 5.69 Å². The maximum absolute atomic E-state index is 9.11. The number of rotatable bonds is 7. The fourth-order valence-corrected chi connectivity index (χ4v) is 2.10. The summed E-state index contributed by atoms with van der Waals surface area (Å²) in [5.74, 6) is 1.15. The summed E-state index contributed by atoms with van der Waals surface area (Å²) >= 11 is 0. The molecule has 0 bridgehead atoms. The van der Waals surface area contributed by atoms with Crippen LogP contribution in [0.2, 0.25) is 0 Å². The minimum atomic E-state index is 0.357. The molecule has 0 aliphatic rings. The molecule has 2 rings (SSSR count). The maximum atomic E-state index is 9.11. The van der Waals surface area contributed by atoms with E-state index in [1.165, 1.54) is 5.56 Å². The molecule has 0 aliphatic carbocycles. The predicted molar refractivity (Wildman–Crippen MR) is 87.3 cm³/mol. The zero-order chi connectivity index (χ0) is 15.8. The highest BCUT2D eigenvalue weighted by Crippen LogP contribution is 2.38. The van der Waals surface area contributed by atoms with Crippen molar-refractivity contribution in [2.45, 2.75) is 20.4 Å². The Morgan fingerprint density at radius 1 is 1.00 bits per heavy atom. The van der Waals surface area contributed by atoms with Crippen LogP contribution in [0.15, 0.2) is 42.5 Å². The number of nitrogens with zero attached hydrogens (tertiary/aromatic N) is 2. The van der Waals surface area contributed by atoms with Crippen LogP contribution in [-0.4, -0.2) is 13.2 Å². The highest BCUT2D eigenvalue weighted by atomic mass is 16.5. The molecule has 2 aromatic rings. The number of diazo groups is 1. The van der Waals surface area contributed by atoms with Crippen LogP contribution in [0.4, 0.5) is 11.4 Å². The van der Waals surface area contributed by atoms with Crippen LogP contribution < -0.4 is 14.8 Å². The molecule has 0 saturated carbocycles. The molecule has 2 aromatic carbocycles. The summed E-state index contributed by atoms with van der Waals surface area (Å²) in [6, 6.07) is 13.6. The fourth-order valence-electron chi connectivity index (χ4n) is 2.10. The maximum Gasteiger partial charge on any atom is 0.430 e. The average molecular weight is 298 g/mol. The van der Waals surface area contributed by atoms with Crippen LogP contribution in [-0.2, 0) is 6.54 Å². The number of hydrogen-bond donors (Lipinski definition) is 1. The van der Waals surface area contributed by atoms with Crippen LogP contribution in [0.1, 0.15) is 19.4 Å². The van der Waals surface area contributed by atoms with Gasteiger partial charge in [0.1, 0.15) is 0 Å². The van der Waals surface area contributed by atoms with E-state index >= 15 is 0 Å². The molecule has 0 aromatic heterocycles. The molecule has 5 heteroatoms. The van der Waals surface area contributed by atoms with Gasteiger partial charge in [0.15, 0.2) is 10.7 Å². The second-order valence-corrected chi connectivity index (χ2v) is 4.62. The van der Waals surface area contributed by atoms with Crippen molar-refractivity contribution >= 4 is 11.4 Å². The lowest BCUT2D eigenvalue weighted by Crippen LogP contribution is -2.03. The Morgan fingerprint density at radius 2 is 1.68 bits per heavy atom. The summed E-state index contributed by atoms with van der Waals surface area (Å²) in [7, 11) is 0. The quantitative estimate of drug-likeness (QED) is 0.760. The SMILES string of the molecule is CCOc1cc(NCc2ccccc2)c(OCC)cc1[N+]#N. The Morgan fingerprint density at radius 3 is 2.32 bits per heavy atom. The van der Waals surface area contributed by atoms with E-state index < -0.39 is 0 Å². The first-order valence-electron chi connectivity index (χ1n) is 7.35. The molecule has 0 radical (unpaired) electrons. The Bertz CT molecular complexity index is 651. The van der Waals surface area contributed by atoms with Gasteiger partial charge in [-0.25, -0.2) is 0 Å². The molecular weight excluding hydrogens is 278 g/mol. The molecule has 114 valence electrons. The lowest BCUT2D eigenvalue weighted by molar-refractivity contribution is 0.333. The summed E-state index contributed by atoms with van der Waals surface area (Å²) in [5.41, 5.74) is 2.33. The Labute approximate surface area is 130 Å². The number of anilines is 1. The van der Waals surface area contributed by atoms with Crippen LogP contribution in [0.25, 0.3) is 4.98 Å². The van der Waals surface area contributed by atoms with E-state index in [1.807, 2.05) is 44.2 Å². The predicted octanol–water partition coefficient (Wildman–Crippen LogP) is 4.58. The lowest BCUT2D eigenvalue weighted by atomic mass is 10.2. The molecule has 0 amide bonds. The highest BCUT2D eigenvalue weighted by Gasteiger charge is 2.20. The summed E-state index contributed by atoms with van der Waals surface area (Å²) in [6.45, 7) is 5.48. The first-order valence-corrected chi connectivity index (χ1v) is 7.35. The lowest BCUT2D eigenvalue weighted by Gasteiger charge is -2.13. The second kappa shape index (κ2) is 7.89. The standard InChI is InChI=1S/C17H20N3O2/c1-3-21-16-11-15(20-18)17(22-4-2)10-14(16)19-12-13-8-6-5-7-9-13/h5-11,19H,3-4,12H2,1-2H3/q+1. The van der Waals surface area contributed by atoms with Gasteiger partial charge in [-0.05, 0) is 19.4 Å². The molecule has 0 atom stereocenters. The van der Waals surface area contributed by atoms with Gasteiger partial charge in [-0.3, -0.25) is 0 Å². The van der Waals surface area contributed by atoms with Gasteiger partial charge in [-0.2, -0.15) is 0 Å². The summed E-state index contributed by atoms with van der Waals surface area (Å²) in [5, 5.41) is 12.4. The monoisotopic (exact) mass is 298 g/mol. The van der Waals surface area contributed by atoms with Crippen LogP contribution in [0.3, 0.4) is 0 Å². The van der Waals surface area contributed by atoms with Crippen molar-refractivity contribution in [1.29, 1.82) is 5.39 Å². The number of hydrogen-bond acceptors (Lipinski definition) is 4. The number of nitrogens with one attached hydrogen (secondary N) is 1. The third-order valence-corrected chi connectivity index (χ3v) is 3.09. The molecule has 0 heterocycles. The fraction of sp³-hybridized carbons (Fsp3) is 0.294. The highest BCUT2D eigenvalue weighted by molar-refractivity contribution is 5.71. The van der Waals surface area contributed by atoms with Crippen LogP contribution >= 0.6 is 0 Å². The first kappa shape index (κ1) is 15.6. The largest absolute Gasteiger partial charge is 0.491 e. The third kappa shape index (κ3) is 3.89. The van der Waals surface area contributed by atoms with E-state index in [0.29, 0.717) is 36.9 Å². The van der Waals surface area contributed by atoms with Crippen LogP contribution in [0, 0.1) is 5.39 Å². The molecule has 5 nitrogen and oxygen atoms in total. The smallest absolute Gasteiger partial charge is 0.430 e. The number of ether oxygens (including phenoxy) is 2. The summed E-state index contributed by atoms with van der Waals surface area (Å²) in [6.07, 6.45) is 0. The Hall–Kier alpha value is -2.74.